The second-order valence-electron chi connectivity index (χ2n) is 19.1. The van der Waals surface area contributed by atoms with Gasteiger partial charge in [-0.25, -0.2) is 14.4 Å². The fourth-order valence-electron chi connectivity index (χ4n) is 8.03. The van der Waals surface area contributed by atoms with Crippen LogP contribution in [0.2, 0.25) is 0 Å². The van der Waals surface area contributed by atoms with Crippen molar-refractivity contribution < 1.29 is 61.9 Å². The topological polar surface area (TPSA) is 162 Å². The van der Waals surface area contributed by atoms with E-state index in [-0.39, 0.29) is 51.5 Å². The second-order valence-corrected chi connectivity index (χ2v) is 19.1. The monoisotopic (exact) mass is 1000 g/mol. The molecule has 1 atom stereocenters. The van der Waals surface area contributed by atoms with Crippen molar-refractivity contribution >= 4 is 30.4 Å². The molecule has 0 aliphatic heterocycles. The van der Waals surface area contributed by atoms with Crippen molar-refractivity contribution in [3.8, 4) is 0 Å². The Kier molecular flexibility index (Phi) is 49.6. The first-order valence-electron chi connectivity index (χ1n) is 28.6. The third-order valence-corrected chi connectivity index (χ3v) is 12.6. The van der Waals surface area contributed by atoms with E-state index >= 15 is 0 Å². The zero-order valence-electron chi connectivity index (χ0n) is 45.5. The molecule has 0 N–H and O–H groups in total. The van der Waals surface area contributed by atoms with Gasteiger partial charge in [-0.3, -0.25) is 9.59 Å². The maximum atomic E-state index is 12.6. The Bertz CT molecular complexity index is 1200. The van der Waals surface area contributed by atoms with Crippen LogP contribution in [0.25, 0.3) is 0 Å². The van der Waals surface area contributed by atoms with E-state index in [1.165, 1.54) is 103 Å². The Hall–Kier alpha value is -3.29. The highest BCUT2D eigenvalue weighted by Crippen LogP contribution is 2.18. The van der Waals surface area contributed by atoms with Crippen LogP contribution in [0.5, 0.6) is 0 Å². The molecule has 0 rings (SSSR count). The normalized spacial score (nSPS) is 11.6. The summed E-state index contributed by atoms with van der Waals surface area (Å²) in [4.78, 5) is 64.2. The number of hydrogen-bond donors (Lipinski definition) is 0. The second kappa shape index (κ2) is 52.0. The third-order valence-electron chi connectivity index (χ3n) is 12.6. The summed E-state index contributed by atoms with van der Waals surface area (Å²) in [6, 6.07) is 0. The lowest BCUT2D eigenvalue weighted by atomic mass is 10.0. The smallest absolute Gasteiger partial charge is 0.466 e. The fourth-order valence-corrected chi connectivity index (χ4v) is 8.03. The highest BCUT2D eigenvalue weighted by atomic mass is 16.7. The van der Waals surface area contributed by atoms with Crippen molar-refractivity contribution in [2.24, 2.45) is 5.92 Å². The summed E-state index contributed by atoms with van der Waals surface area (Å²) in [5.41, 5.74) is 0. The highest BCUT2D eigenvalue weighted by molar-refractivity contribution is 5.70. The summed E-state index contributed by atoms with van der Waals surface area (Å²) in [5, 5.41) is 0. The largest absolute Gasteiger partial charge is 0.508 e. The van der Waals surface area contributed by atoms with Gasteiger partial charge in [0.2, 0.25) is 0 Å². The number of ether oxygens (including phenoxy) is 8. The molecular formula is C56H105NO13. The summed E-state index contributed by atoms with van der Waals surface area (Å²) < 4.78 is 43.2. The molecule has 0 heterocycles. The molecule has 0 fully saturated rings. The van der Waals surface area contributed by atoms with Crippen LogP contribution in [0.15, 0.2) is 0 Å². The van der Waals surface area contributed by atoms with E-state index in [4.69, 9.17) is 37.9 Å². The standard InChI is InChI=1S/C56H105NO13/c1-6-11-14-17-20-21-26-34-43-63-52(58)40-32-29-33-41-53(59)67-47-50(49-69-55(61)65-46-37-42-57(9-4)10-5)48-68-54(60)64-44-35-27-22-23-28-36-45-66-56(62)70-51(38-30-24-18-15-12-7-2)39-31-25-19-16-13-8-3/h50-51H,6-49H2,1-5H3. The molecule has 0 saturated carbocycles. The molecule has 0 bridgehead atoms. The molecule has 412 valence electrons. The lowest BCUT2D eigenvalue weighted by Crippen LogP contribution is -2.27. The maximum absolute atomic E-state index is 12.6. The number of rotatable bonds is 51. The van der Waals surface area contributed by atoms with E-state index in [1.807, 2.05) is 0 Å². The van der Waals surface area contributed by atoms with Gasteiger partial charge >= 0.3 is 30.4 Å². The summed E-state index contributed by atoms with van der Waals surface area (Å²) in [6.45, 7) is 14.2. The summed E-state index contributed by atoms with van der Waals surface area (Å²) >= 11 is 0. The highest BCUT2D eigenvalue weighted by Gasteiger charge is 2.20. The molecule has 14 heteroatoms. The van der Waals surface area contributed by atoms with E-state index < -0.39 is 30.4 Å². The van der Waals surface area contributed by atoms with Gasteiger partial charge in [-0.15, -0.1) is 0 Å². The van der Waals surface area contributed by atoms with E-state index in [2.05, 4.69) is 39.5 Å². The molecule has 1 unspecified atom stereocenters. The molecule has 0 spiro atoms. The maximum Gasteiger partial charge on any atom is 0.508 e. The van der Waals surface area contributed by atoms with Crippen LogP contribution in [0.4, 0.5) is 14.4 Å². The Balaban J connectivity index is 4.49. The van der Waals surface area contributed by atoms with Crippen molar-refractivity contribution in [3.63, 3.8) is 0 Å². The number of carbonyl (C=O) groups is 5. The van der Waals surface area contributed by atoms with Crippen LogP contribution >= 0.6 is 0 Å². The first kappa shape index (κ1) is 66.7. The quantitative estimate of drug-likeness (QED) is 0.0321. The van der Waals surface area contributed by atoms with Gasteiger partial charge in [-0.1, -0.05) is 176 Å². The number of unbranched alkanes of at least 4 members (excludes halogenated alkanes) is 24. The number of esters is 2. The molecule has 0 aromatic heterocycles. The minimum atomic E-state index is -0.850. The number of carbonyl (C=O) groups excluding carboxylic acids is 5. The summed E-state index contributed by atoms with van der Waals surface area (Å²) in [5.74, 6) is -1.26. The van der Waals surface area contributed by atoms with Crippen LogP contribution in [-0.4, -0.2) is 107 Å². The van der Waals surface area contributed by atoms with Gasteiger partial charge in [-0.2, -0.15) is 0 Å². The van der Waals surface area contributed by atoms with Crippen molar-refractivity contribution in [2.75, 3.05) is 65.9 Å². The van der Waals surface area contributed by atoms with Gasteiger partial charge in [0, 0.05) is 19.4 Å². The molecule has 0 saturated heterocycles. The van der Waals surface area contributed by atoms with Gasteiger partial charge in [0.15, 0.2) is 0 Å². The van der Waals surface area contributed by atoms with E-state index in [0.717, 1.165) is 90.3 Å². The average Bonchev–Trinajstić information content (AvgIpc) is 3.35. The van der Waals surface area contributed by atoms with Crippen molar-refractivity contribution in [1.29, 1.82) is 0 Å². The van der Waals surface area contributed by atoms with Crippen molar-refractivity contribution in [1.82, 2.24) is 4.90 Å². The van der Waals surface area contributed by atoms with Crippen LogP contribution in [0.1, 0.15) is 253 Å². The number of nitrogens with zero attached hydrogens (tertiary/aromatic N) is 1. The molecule has 0 aromatic carbocycles. The van der Waals surface area contributed by atoms with Crippen LogP contribution in [0, 0.1) is 5.92 Å². The van der Waals surface area contributed by atoms with Gasteiger partial charge in [0.1, 0.15) is 25.9 Å². The first-order chi connectivity index (χ1) is 34.2. The SMILES string of the molecule is CCCCCCCCCCOC(=O)CCCCCC(=O)OCC(COC(=O)OCCCCCCCCOC(=O)OC(CCCCCCCC)CCCCCCCC)COC(=O)OCCCN(CC)CC. The van der Waals surface area contributed by atoms with Crippen molar-refractivity contribution in [2.45, 2.75) is 259 Å². The third kappa shape index (κ3) is 47.1. The molecular weight excluding hydrogens is 895 g/mol. The Morgan fingerprint density at radius 1 is 0.343 bits per heavy atom. The van der Waals surface area contributed by atoms with Crippen LogP contribution in [-0.2, 0) is 47.5 Å². The lowest BCUT2D eigenvalue weighted by molar-refractivity contribution is -0.146. The first-order valence-corrected chi connectivity index (χ1v) is 28.6. The fraction of sp³-hybridized carbons (Fsp3) is 0.911. The van der Waals surface area contributed by atoms with Gasteiger partial charge in [-0.05, 0) is 77.3 Å². The van der Waals surface area contributed by atoms with Gasteiger partial charge in [0.25, 0.3) is 0 Å². The van der Waals surface area contributed by atoms with Gasteiger partial charge < -0.3 is 42.8 Å². The van der Waals surface area contributed by atoms with Gasteiger partial charge in [0.05, 0.1) is 32.3 Å². The Morgan fingerprint density at radius 2 is 0.686 bits per heavy atom. The molecule has 0 aromatic rings. The van der Waals surface area contributed by atoms with Crippen LogP contribution < -0.4 is 0 Å². The zero-order valence-corrected chi connectivity index (χ0v) is 45.5. The number of hydrogen-bond acceptors (Lipinski definition) is 14. The van der Waals surface area contributed by atoms with Crippen LogP contribution in [0.3, 0.4) is 0 Å². The van der Waals surface area contributed by atoms with E-state index in [0.29, 0.717) is 51.7 Å². The Morgan fingerprint density at radius 3 is 1.13 bits per heavy atom. The molecule has 70 heavy (non-hydrogen) atoms. The molecule has 14 nitrogen and oxygen atoms in total. The molecule has 0 radical (unpaired) electrons. The van der Waals surface area contributed by atoms with Crippen molar-refractivity contribution in [3.05, 3.63) is 0 Å². The molecule has 0 aliphatic rings. The minimum absolute atomic E-state index is 0.0652. The van der Waals surface area contributed by atoms with E-state index in [9.17, 15) is 24.0 Å². The Labute approximate surface area is 426 Å². The molecule has 0 aliphatic carbocycles. The summed E-state index contributed by atoms with van der Waals surface area (Å²) in [6.07, 6.45) is 31.7. The summed E-state index contributed by atoms with van der Waals surface area (Å²) in [7, 11) is 0. The molecule has 0 amide bonds. The predicted octanol–water partition coefficient (Wildman–Crippen LogP) is 15.2. The zero-order chi connectivity index (χ0) is 51.4. The predicted molar refractivity (Wildman–Crippen MR) is 278 cm³/mol. The average molecular weight is 1000 g/mol. The lowest BCUT2D eigenvalue weighted by Gasteiger charge is -2.18. The minimum Gasteiger partial charge on any atom is -0.466 e. The van der Waals surface area contributed by atoms with E-state index in [1.54, 1.807) is 0 Å².